The molecule has 0 saturated heterocycles. The highest BCUT2D eigenvalue weighted by Crippen LogP contribution is 2.48. The van der Waals surface area contributed by atoms with E-state index < -0.39 is 17.4 Å². The third-order valence-corrected chi connectivity index (χ3v) is 6.45. The molecule has 5 heteroatoms. The number of Topliss-reactive ketones (excluding diaryl/α,β-unsaturated/α-hetero) is 1. The number of fused-ring (bicyclic) bond motifs is 2. The van der Waals surface area contributed by atoms with E-state index in [9.17, 15) is 14.7 Å². The number of nitrogens with zero attached hydrogens (tertiary/aromatic N) is 1. The molecule has 2 aliphatic rings. The number of anilines is 1. The van der Waals surface area contributed by atoms with Crippen molar-refractivity contribution in [1.29, 1.82) is 0 Å². The number of hydrogen-bond acceptors (Lipinski definition) is 3. The molecule has 1 amide bonds. The molecule has 3 aromatic carbocycles. The zero-order valence-corrected chi connectivity index (χ0v) is 17.0. The van der Waals surface area contributed by atoms with Crippen LogP contribution in [-0.2, 0) is 23.4 Å². The molecular formula is C25H20ClNO3. The summed E-state index contributed by atoms with van der Waals surface area (Å²) in [5.74, 6) is -1.45. The Morgan fingerprint density at radius 2 is 1.77 bits per heavy atom. The van der Waals surface area contributed by atoms with Gasteiger partial charge in [-0.15, -0.1) is 0 Å². The van der Waals surface area contributed by atoms with E-state index in [0.717, 1.165) is 11.1 Å². The lowest BCUT2D eigenvalue weighted by Gasteiger charge is -2.34. The second kappa shape index (κ2) is 7.08. The van der Waals surface area contributed by atoms with Gasteiger partial charge in [-0.05, 0) is 42.2 Å². The predicted octanol–water partition coefficient (Wildman–Crippen LogP) is 4.52. The molecular weight excluding hydrogens is 398 g/mol. The summed E-state index contributed by atoms with van der Waals surface area (Å²) in [5, 5.41) is 12.4. The van der Waals surface area contributed by atoms with Gasteiger partial charge in [-0.2, -0.15) is 0 Å². The van der Waals surface area contributed by atoms with Gasteiger partial charge in [-0.1, -0.05) is 66.2 Å². The van der Waals surface area contributed by atoms with E-state index in [1.165, 1.54) is 0 Å². The number of hydrogen-bond donors (Lipinski definition) is 1. The van der Waals surface area contributed by atoms with Crippen molar-refractivity contribution in [3.63, 3.8) is 0 Å². The molecule has 1 aliphatic carbocycles. The lowest BCUT2D eigenvalue weighted by atomic mass is 9.71. The van der Waals surface area contributed by atoms with E-state index in [-0.39, 0.29) is 12.3 Å². The predicted molar refractivity (Wildman–Crippen MR) is 116 cm³/mol. The van der Waals surface area contributed by atoms with Gasteiger partial charge >= 0.3 is 0 Å². The minimum atomic E-state index is -1.88. The Labute approximate surface area is 179 Å². The van der Waals surface area contributed by atoms with Crippen LogP contribution in [0.3, 0.4) is 0 Å². The molecule has 1 heterocycles. The summed E-state index contributed by atoms with van der Waals surface area (Å²) in [7, 11) is 0. The van der Waals surface area contributed by atoms with Crippen LogP contribution < -0.4 is 4.90 Å². The Kier molecular flexibility index (Phi) is 4.49. The fourth-order valence-corrected chi connectivity index (χ4v) is 4.98. The SMILES string of the molecule is O=C1c2ccccc2CC[C@H]1[C@@]1(O)C(=O)N(Cc2cccc(Cl)c2)c2ccccc21. The second-order valence-corrected chi connectivity index (χ2v) is 8.35. The molecule has 0 unspecified atom stereocenters. The highest BCUT2D eigenvalue weighted by molar-refractivity contribution is 6.30. The van der Waals surface area contributed by atoms with Crippen LogP contribution in [0.25, 0.3) is 0 Å². The van der Waals surface area contributed by atoms with E-state index in [1.54, 1.807) is 35.2 Å². The van der Waals surface area contributed by atoms with Crippen LogP contribution in [0.2, 0.25) is 5.02 Å². The van der Waals surface area contributed by atoms with E-state index in [1.807, 2.05) is 42.5 Å². The lowest BCUT2D eigenvalue weighted by molar-refractivity contribution is -0.140. The molecule has 0 fully saturated rings. The largest absolute Gasteiger partial charge is 0.375 e. The van der Waals surface area contributed by atoms with Gasteiger partial charge in [0.25, 0.3) is 5.91 Å². The van der Waals surface area contributed by atoms with Crippen LogP contribution in [0.4, 0.5) is 5.69 Å². The number of benzene rings is 3. The monoisotopic (exact) mass is 417 g/mol. The number of rotatable bonds is 3. The molecule has 0 radical (unpaired) electrons. The summed E-state index contributed by atoms with van der Waals surface area (Å²) in [6.45, 7) is 0.274. The zero-order valence-electron chi connectivity index (χ0n) is 16.2. The molecule has 0 saturated carbocycles. The summed E-state index contributed by atoms with van der Waals surface area (Å²) < 4.78 is 0. The fraction of sp³-hybridized carbons (Fsp3) is 0.200. The minimum absolute atomic E-state index is 0.174. The summed E-state index contributed by atoms with van der Waals surface area (Å²) >= 11 is 6.11. The maximum Gasteiger partial charge on any atom is 0.264 e. The van der Waals surface area contributed by atoms with Crippen LogP contribution in [0.15, 0.2) is 72.8 Å². The van der Waals surface area contributed by atoms with Crippen molar-refractivity contribution in [3.05, 3.63) is 100 Å². The molecule has 4 nitrogen and oxygen atoms in total. The summed E-state index contributed by atoms with van der Waals surface area (Å²) in [4.78, 5) is 28.5. The van der Waals surface area contributed by atoms with Crippen molar-refractivity contribution in [3.8, 4) is 0 Å². The average molecular weight is 418 g/mol. The standard InChI is InChI=1S/C25H20ClNO3/c26-18-8-5-6-16(14-18)15-27-22-11-4-3-10-20(22)25(30,24(27)29)21-13-12-17-7-1-2-9-19(17)23(21)28/h1-11,14,21,30H,12-13,15H2/t21-,25-/m1/s1. The number of aryl methyl sites for hydroxylation is 1. The third-order valence-electron chi connectivity index (χ3n) is 6.21. The number of amides is 1. The number of aliphatic hydroxyl groups is 1. The van der Waals surface area contributed by atoms with Crippen molar-refractivity contribution in [2.75, 3.05) is 4.90 Å². The first-order chi connectivity index (χ1) is 14.5. The molecule has 150 valence electrons. The van der Waals surface area contributed by atoms with Crippen molar-refractivity contribution in [2.45, 2.75) is 25.0 Å². The van der Waals surface area contributed by atoms with Gasteiger partial charge < -0.3 is 10.0 Å². The zero-order chi connectivity index (χ0) is 20.9. The van der Waals surface area contributed by atoms with Gasteiger partial charge in [0.2, 0.25) is 0 Å². The van der Waals surface area contributed by atoms with Crippen molar-refractivity contribution in [2.24, 2.45) is 5.92 Å². The number of ketones is 1. The fourth-order valence-electron chi connectivity index (χ4n) is 4.77. The Morgan fingerprint density at radius 3 is 2.60 bits per heavy atom. The van der Waals surface area contributed by atoms with Crippen LogP contribution >= 0.6 is 11.6 Å². The van der Waals surface area contributed by atoms with E-state index >= 15 is 0 Å². The molecule has 1 N–H and O–H groups in total. The first kappa shape index (κ1) is 19.0. The van der Waals surface area contributed by atoms with Crippen LogP contribution in [0.5, 0.6) is 0 Å². The van der Waals surface area contributed by atoms with Gasteiger partial charge in [-0.25, -0.2) is 0 Å². The van der Waals surface area contributed by atoms with Gasteiger partial charge in [0.05, 0.1) is 18.2 Å². The van der Waals surface area contributed by atoms with Crippen molar-refractivity contribution in [1.82, 2.24) is 0 Å². The van der Waals surface area contributed by atoms with Crippen LogP contribution in [0, 0.1) is 5.92 Å². The first-order valence-electron chi connectivity index (χ1n) is 10.0. The summed E-state index contributed by atoms with van der Waals surface area (Å²) in [5.41, 5.74) is 1.68. The highest BCUT2D eigenvalue weighted by atomic mass is 35.5. The van der Waals surface area contributed by atoms with Crippen LogP contribution in [-0.4, -0.2) is 16.8 Å². The molecule has 5 rings (SSSR count). The third kappa shape index (κ3) is 2.79. The Hall–Kier alpha value is -2.95. The number of para-hydroxylation sites is 1. The van der Waals surface area contributed by atoms with Crippen molar-refractivity contribution >= 4 is 29.0 Å². The second-order valence-electron chi connectivity index (χ2n) is 7.92. The molecule has 30 heavy (non-hydrogen) atoms. The number of carbonyl (C=O) groups excluding carboxylic acids is 2. The maximum absolute atomic E-state index is 13.6. The molecule has 1 aliphatic heterocycles. The number of carbonyl (C=O) groups is 2. The number of halogens is 1. The van der Waals surface area contributed by atoms with Gasteiger partial charge in [0.15, 0.2) is 11.4 Å². The van der Waals surface area contributed by atoms with Crippen molar-refractivity contribution < 1.29 is 14.7 Å². The minimum Gasteiger partial charge on any atom is -0.375 e. The van der Waals surface area contributed by atoms with Gasteiger partial charge in [-0.3, -0.25) is 9.59 Å². The normalized spacial score (nSPS) is 22.7. The molecule has 0 spiro atoms. The highest BCUT2D eigenvalue weighted by Gasteiger charge is 2.57. The molecule has 2 atom stereocenters. The quantitative estimate of drug-likeness (QED) is 0.681. The summed E-state index contributed by atoms with van der Waals surface area (Å²) in [6.07, 6.45) is 1.08. The van der Waals surface area contributed by atoms with E-state index in [4.69, 9.17) is 11.6 Å². The van der Waals surface area contributed by atoms with Gasteiger partial charge in [0, 0.05) is 16.1 Å². The molecule has 3 aromatic rings. The first-order valence-corrected chi connectivity index (χ1v) is 10.4. The Morgan fingerprint density at radius 1 is 1.00 bits per heavy atom. The maximum atomic E-state index is 13.6. The van der Waals surface area contributed by atoms with Crippen LogP contribution in [0.1, 0.15) is 33.5 Å². The van der Waals surface area contributed by atoms with Gasteiger partial charge in [0.1, 0.15) is 0 Å². The van der Waals surface area contributed by atoms with E-state index in [0.29, 0.717) is 34.7 Å². The van der Waals surface area contributed by atoms with E-state index in [2.05, 4.69) is 0 Å². The Balaban J connectivity index is 1.57. The summed E-state index contributed by atoms with van der Waals surface area (Å²) in [6, 6.07) is 21.9. The lowest BCUT2D eigenvalue weighted by Crippen LogP contribution is -2.49. The Bertz CT molecular complexity index is 1170. The molecule has 0 aromatic heterocycles. The smallest absolute Gasteiger partial charge is 0.264 e. The average Bonchev–Trinajstić information content (AvgIpc) is 2.97. The topological polar surface area (TPSA) is 57.6 Å². The molecule has 0 bridgehead atoms.